The lowest BCUT2D eigenvalue weighted by Gasteiger charge is -2.15. The number of hydrogen-bond donors (Lipinski definition) is 0. The average molecular weight is 1020 g/mol. The molecule has 0 aliphatic carbocycles. The van der Waals surface area contributed by atoms with Gasteiger partial charge in [-0.15, -0.1) is 0 Å². The highest BCUT2D eigenvalue weighted by atomic mass is 127. The van der Waals surface area contributed by atoms with Gasteiger partial charge in [-0.2, -0.15) is 0 Å². The van der Waals surface area contributed by atoms with Gasteiger partial charge < -0.3 is 0 Å². The number of benzene rings is 5. The Morgan fingerprint density at radius 1 is 0.340 bits per heavy atom. The first kappa shape index (κ1) is 33.1. The third kappa shape index (κ3) is 6.23. The molecular weight excluding hydrogens is 996 g/mol. The standard InChI is InChI=1S/C45H26FI3N4/c46-34-17-13-33(14-18-34)45-48-43(31-9-5-27(6-10-31)35-21-25-52-41-37(35)19-15-29-3-1-23-50-39(29)41)47-44(49-45)32-11-7-28(8-12-32)36-22-26-53-42-38(36)20-16-30-4-2-24-51-40(30)42/h1-26H. The molecule has 0 saturated carbocycles. The number of fused-ring (bicyclic) bond motifs is 6. The van der Waals surface area contributed by atoms with Crippen LogP contribution in [0.15, 0.2) is 158 Å². The monoisotopic (exact) mass is 1020 g/mol. The number of nitrogens with zero attached hydrogens (tertiary/aromatic N) is 4. The summed E-state index contributed by atoms with van der Waals surface area (Å²) in [6.45, 7) is 0. The van der Waals surface area contributed by atoms with Crippen LogP contribution < -0.4 is 0 Å². The molecule has 254 valence electrons. The van der Waals surface area contributed by atoms with Gasteiger partial charge in [-0.1, -0.05) is 159 Å². The second kappa shape index (κ2) is 14.0. The lowest BCUT2D eigenvalue weighted by Crippen LogP contribution is -2.02. The van der Waals surface area contributed by atoms with Crippen molar-refractivity contribution < 1.29 is 4.39 Å². The van der Waals surface area contributed by atoms with Gasteiger partial charge in [0.15, 0.2) is 0 Å². The minimum absolute atomic E-state index is 0.187. The summed E-state index contributed by atoms with van der Waals surface area (Å²) in [6.07, 6.45) is 7.45. The molecule has 1 aliphatic heterocycles. The van der Waals surface area contributed by atoms with Gasteiger partial charge in [-0.3, -0.25) is 19.9 Å². The second-order valence-corrected chi connectivity index (χ2v) is 26.8. The molecule has 0 radical (unpaired) electrons. The van der Waals surface area contributed by atoms with Gasteiger partial charge in [-0.25, -0.2) is 4.39 Å². The first-order valence-corrected chi connectivity index (χ1v) is 23.4. The Morgan fingerprint density at radius 2 is 0.717 bits per heavy atom. The highest BCUT2D eigenvalue weighted by Gasteiger charge is 2.17. The van der Waals surface area contributed by atoms with Crippen molar-refractivity contribution in [2.24, 2.45) is 0 Å². The summed E-state index contributed by atoms with van der Waals surface area (Å²) in [5.74, 6) is -0.187. The predicted octanol–water partition coefficient (Wildman–Crippen LogP) is 12.1. The molecule has 4 nitrogen and oxygen atoms in total. The zero-order valence-electron chi connectivity index (χ0n) is 27.8. The smallest absolute Gasteiger partial charge is 0.123 e. The van der Waals surface area contributed by atoms with E-state index in [4.69, 9.17) is 9.97 Å². The summed E-state index contributed by atoms with van der Waals surface area (Å²) in [6, 6.07) is 46.4. The van der Waals surface area contributed by atoms with E-state index in [0.29, 0.717) is 0 Å². The van der Waals surface area contributed by atoms with Crippen molar-refractivity contribution in [3.8, 4) is 22.3 Å². The van der Waals surface area contributed by atoms with E-state index in [2.05, 4.69) is 107 Å². The topological polar surface area (TPSA) is 51.6 Å². The third-order valence-electron chi connectivity index (χ3n) is 9.35. The molecule has 5 heterocycles. The summed E-state index contributed by atoms with van der Waals surface area (Å²) in [5.41, 5.74) is 12.3. The minimum atomic E-state index is -0.339. The molecule has 53 heavy (non-hydrogen) atoms. The maximum atomic E-state index is 14.0. The molecule has 5 aromatic carbocycles. The Balaban J connectivity index is 1.03. The number of rotatable bonds is 5. The van der Waals surface area contributed by atoms with E-state index in [1.54, 1.807) is 16.7 Å². The molecule has 9 aromatic rings. The Bertz CT molecular complexity index is 2830. The fourth-order valence-electron chi connectivity index (χ4n) is 6.74. The van der Waals surface area contributed by atoms with E-state index >= 15 is 0 Å². The predicted molar refractivity (Wildman–Crippen MR) is 246 cm³/mol. The van der Waals surface area contributed by atoms with E-state index in [9.17, 15) is 4.39 Å². The van der Waals surface area contributed by atoms with Gasteiger partial charge in [0.2, 0.25) is 0 Å². The van der Waals surface area contributed by atoms with Gasteiger partial charge in [0.05, 0.1) is 22.1 Å². The quantitative estimate of drug-likeness (QED) is 0.127. The van der Waals surface area contributed by atoms with E-state index in [-0.39, 0.29) is 68.0 Å². The van der Waals surface area contributed by atoms with Crippen molar-refractivity contribution in [3.63, 3.8) is 0 Å². The van der Waals surface area contributed by atoms with Crippen LogP contribution in [0.5, 0.6) is 0 Å². The fourth-order valence-corrected chi connectivity index (χ4v) is 30.4. The molecule has 0 N–H and O–H groups in total. The lowest BCUT2D eigenvalue weighted by atomic mass is 9.99. The first-order chi connectivity index (χ1) is 26.2. The van der Waals surface area contributed by atoms with E-state index < -0.39 is 0 Å². The number of halogens is 4. The van der Waals surface area contributed by atoms with Crippen LogP contribution in [0, 0.1) is 5.82 Å². The molecule has 10 rings (SSSR count). The zero-order chi connectivity index (χ0) is 35.3. The highest BCUT2D eigenvalue weighted by Crippen LogP contribution is 2.40. The van der Waals surface area contributed by atoms with Crippen molar-refractivity contribution >= 4 is 110 Å². The summed E-state index contributed by atoms with van der Waals surface area (Å²) >= 11 is -1.01. The molecule has 0 atom stereocenters. The Kier molecular flexibility index (Phi) is 8.76. The van der Waals surface area contributed by atoms with Crippen LogP contribution in [0.3, 0.4) is 0 Å². The summed E-state index contributed by atoms with van der Waals surface area (Å²) in [4.78, 5) is 18.7. The normalized spacial score (nSPS) is 13.4. The molecule has 0 spiro atoms. The van der Waals surface area contributed by atoms with E-state index in [1.807, 2.05) is 49.1 Å². The largest absolute Gasteiger partial charge is 0.254 e. The SMILES string of the molecule is Fc1ccc(C2=IC(c3ccc(-c4ccnc5c4ccc4cccnc45)cc3)=IC(c3ccc(-c4ccnc5c4ccc4cccnc45)cc3)=I2)cc1. The second-order valence-electron chi connectivity index (χ2n) is 12.5. The van der Waals surface area contributed by atoms with Crippen molar-refractivity contribution in [2.75, 3.05) is 0 Å². The maximum absolute atomic E-state index is 14.0. The Labute approximate surface area is 334 Å². The minimum Gasteiger partial charge on any atom is -0.254 e. The van der Waals surface area contributed by atoms with Crippen LogP contribution >= 0.6 is 62.2 Å². The number of hydrogen-bond acceptors (Lipinski definition) is 4. The summed E-state index contributed by atoms with van der Waals surface area (Å²) in [5, 5.41) is 4.40. The van der Waals surface area contributed by atoms with Crippen LogP contribution in [0.4, 0.5) is 4.39 Å². The van der Waals surface area contributed by atoms with Crippen molar-refractivity contribution in [3.05, 3.63) is 181 Å². The van der Waals surface area contributed by atoms with Crippen LogP contribution in [-0.2, 0) is 0 Å². The van der Waals surface area contributed by atoms with Crippen LogP contribution in [0.25, 0.3) is 65.9 Å². The van der Waals surface area contributed by atoms with Gasteiger partial charge in [0.1, 0.15) is 5.82 Å². The molecule has 8 heteroatoms. The molecule has 0 unspecified atom stereocenters. The van der Waals surface area contributed by atoms with Crippen LogP contribution in [0.2, 0.25) is 0 Å². The van der Waals surface area contributed by atoms with E-state index in [0.717, 1.165) is 54.7 Å². The van der Waals surface area contributed by atoms with Crippen molar-refractivity contribution in [2.45, 2.75) is 0 Å². The molecule has 0 amide bonds. The molecule has 0 saturated heterocycles. The van der Waals surface area contributed by atoms with Gasteiger partial charge in [-0.05, 0) is 75.3 Å². The highest BCUT2D eigenvalue weighted by molar-refractivity contribution is 14.3. The van der Waals surface area contributed by atoms with E-state index in [1.165, 1.54) is 27.8 Å². The van der Waals surface area contributed by atoms with Crippen molar-refractivity contribution in [1.29, 1.82) is 0 Å². The average Bonchev–Trinajstić information content (AvgIpc) is 3.23. The zero-order valence-corrected chi connectivity index (χ0v) is 34.3. The first-order valence-electron chi connectivity index (χ1n) is 16.9. The number of pyridine rings is 4. The fraction of sp³-hybridized carbons (Fsp3) is 0. The molecular formula is C45H26FI3N4. The Hall–Kier alpha value is -4.53. The van der Waals surface area contributed by atoms with Gasteiger partial charge >= 0.3 is 0 Å². The molecule has 1 aliphatic rings. The molecule has 0 fully saturated rings. The molecule has 4 aromatic heterocycles. The summed E-state index contributed by atoms with van der Waals surface area (Å²) < 4.78 is 18.8. The van der Waals surface area contributed by atoms with Gasteiger partial charge in [0, 0.05) is 50.9 Å². The Morgan fingerprint density at radius 3 is 1.15 bits per heavy atom. The molecule has 0 bridgehead atoms. The maximum Gasteiger partial charge on any atom is 0.123 e. The van der Waals surface area contributed by atoms with Crippen LogP contribution in [0.1, 0.15) is 16.7 Å². The van der Waals surface area contributed by atoms with Crippen LogP contribution in [-0.4, -0.2) is 24.5 Å². The third-order valence-corrected chi connectivity index (χ3v) is 24.1. The van der Waals surface area contributed by atoms with Crippen molar-refractivity contribution in [1.82, 2.24) is 19.9 Å². The lowest BCUT2D eigenvalue weighted by molar-refractivity contribution is 0.628. The summed E-state index contributed by atoms with van der Waals surface area (Å²) in [7, 11) is 0. The van der Waals surface area contributed by atoms with Gasteiger partial charge in [0.25, 0.3) is 0 Å². The number of aromatic nitrogens is 4.